The number of nitrogens with zero attached hydrogens (tertiary/aromatic N) is 2. The van der Waals surface area contributed by atoms with Crippen molar-refractivity contribution in [3.63, 3.8) is 0 Å². The molecule has 208 valence electrons. The highest BCUT2D eigenvalue weighted by atomic mass is 32.2. The van der Waals surface area contributed by atoms with Crippen LogP contribution in [0.25, 0.3) is 10.8 Å². The van der Waals surface area contributed by atoms with E-state index in [-0.39, 0.29) is 17.3 Å². The summed E-state index contributed by atoms with van der Waals surface area (Å²) < 4.78 is 28.1. The average molecular weight is 558 g/mol. The van der Waals surface area contributed by atoms with Gasteiger partial charge in [-0.2, -0.15) is 4.31 Å². The molecular weight excluding hydrogens is 522 g/mol. The van der Waals surface area contributed by atoms with Crippen LogP contribution in [0.2, 0.25) is 0 Å². The first kappa shape index (κ1) is 29.0. The monoisotopic (exact) mass is 557 g/mol. The molecule has 0 aliphatic carbocycles. The van der Waals surface area contributed by atoms with Crippen LogP contribution in [0.3, 0.4) is 0 Å². The fourth-order valence-corrected chi connectivity index (χ4v) is 5.77. The van der Waals surface area contributed by atoms with Crippen LogP contribution in [0.1, 0.15) is 23.6 Å². The third kappa shape index (κ3) is 6.94. The number of likely N-dealkylation sites (N-methyl/N-ethyl adjacent to an activating group) is 2. The zero-order chi connectivity index (χ0) is 28.7. The number of sulfonamides is 1. The molecule has 8 heteroatoms. The maximum atomic E-state index is 13.9. The summed E-state index contributed by atoms with van der Waals surface area (Å²) in [5.74, 6) is -0.744. The summed E-state index contributed by atoms with van der Waals surface area (Å²) in [6.45, 7) is 3.97. The average Bonchev–Trinajstić information content (AvgIpc) is 2.96. The van der Waals surface area contributed by atoms with Crippen molar-refractivity contribution in [2.24, 2.45) is 0 Å². The maximum Gasteiger partial charge on any atom is 0.243 e. The summed E-state index contributed by atoms with van der Waals surface area (Å²) in [6, 6.07) is 28.8. The van der Waals surface area contributed by atoms with Crippen LogP contribution in [0.15, 0.2) is 102 Å². The fraction of sp³-hybridized carbons (Fsp3) is 0.250. The van der Waals surface area contributed by atoms with Crippen molar-refractivity contribution in [1.29, 1.82) is 0 Å². The number of nitrogens with one attached hydrogen (secondary N) is 1. The molecule has 1 N–H and O–H groups in total. The fourth-order valence-electron chi connectivity index (χ4n) is 4.61. The molecule has 0 saturated carbocycles. The van der Waals surface area contributed by atoms with E-state index in [1.165, 1.54) is 11.9 Å². The number of hydrogen-bond acceptors (Lipinski definition) is 4. The molecule has 4 aromatic rings. The van der Waals surface area contributed by atoms with Crippen molar-refractivity contribution < 1.29 is 18.0 Å². The molecule has 0 bridgehead atoms. The molecule has 4 aromatic carbocycles. The standard InChI is InChI=1S/C32H35N3O4S/c1-4-33-32(37)30(20-25-10-6-5-7-11-25)35(22-26-16-14-24(2)15-17-26)31(36)23-34(3)40(38,39)29-19-18-27-12-8-9-13-28(27)21-29/h5-19,21,30H,4,20,22-23H2,1-3H3,(H,33,37). The van der Waals surface area contributed by atoms with E-state index in [0.717, 1.165) is 31.8 Å². The van der Waals surface area contributed by atoms with E-state index in [9.17, 15) is 18.0 Å². The normalized spacial score (nSPS) is 12.3. The Morgan fingerprint density at radius 2 is 1.48 bits per heavy atom. The van der Waals surface area contributed by atoms with Gasteiger partial charge in [0.15, 0.2) is 0 Å². The first-order chi connectivity index (χ1) is 19.2. The second kappa shape index (κ2) is 12.9. The topological polar surface area (TPSA) is 86.8 Å². The van der Waals surface area contributed by atoms with Gasteiger partial charge in [0.05, 0.1) is 11.4 Å². The van der Waals surface area contributed by atoms with Crippen LogP contribution in [0.4, 0.5) is 0 Å². The second-order valence-corrected chi connectivity index (χ2v) is 11.9. The van der Waals surface area contributed by atoms with E-state index in [4.69, 9.17) is 0 Å². The van der Waals surface area contributed by atoms with Gasteiger partial charge in [-0.1, -0.05) is 90.5 Å². The molecule has 0 heterocycles. The van der Waals surface area contributed by atoms with E-state index in [2.05, 4.69) is 5.32 Å². The molecule has 1 unspecified atom stereocenters. The Hall–Kier alpha value is -4.01. The van der Waals surface area contributed by atoms with Gasteiger partial charge in [-0.15, -0.1) is 0 Å². The predicted octanol–water partition coefficient (Wildman–Crippen LogP) is 4.54. The van der Waals surface area contributed by atoms with Crippen molar-refractivity contribution >= 4 is 32.6 Å². The highest BCUT2D eigenvalue weighted by Gasteiger charge is 2.33. The van der Waals surface area contributed by atoms with E-state index in [1.807, 2.05) is 92.7 Å². The van der Waals surface area contributed by atoms with Gasteiger partial charge in [0.25, 0.3) is 0 Å². The number of rotatable bonds is 11. The number of amides is 2. The number of fused-ring (bicyclic) bond motifs is 1. The zero-order valence-corrected chi connectivity index (χ0v) is 23.9. The molecule has 7 nitrogen and oxygen atoms in total. The zero-order valence-electron chi connectivity index (χ0n) is 23.1. The smallest absolute Gasteiger partial charge is 0.243 e. The van der Waals surface area contributed by atoms with Crippen LogP contribution in [0.5, 0.6) is 0 Å². The molecule has 0 fully saturated rings. The van der Waals surface area contributed by atoms with Gasteiger partial charge >= 0.3 is 0 Å². The molecule has 0 spiro atoms. The summed E-state index contributed by atoms with van der Waals surface area (Å²) in [5, 5.41) is 4.58. The lowest BCUT2D eigenvalue weighted by atomic mass is 10.0. The largest absolute Gasteiger partial charge is 0.355 e. The Balaban J connectivity index is 1.65. The van der Waals surface area contributed by atoms with Crippen molar-refractivity contribution in [2.45, 2.75) is 37.8 Å². The Bertz CT molecular complexity index is 1570. The summed E-state index contributed by atoms with van der Waals surface area (Å²) >= 11 is 0. The minimum absolute atomic E-state index is 0.108. The predicted molar refractivity (Wildman–Crippen MR) is 158 cm³/mol. The molecular formula is C32H35N3O4S. The van der Waals surface area contributed by atoms with Gasteiger partial charge in [0.1, 0.15) is 6.04 Å². The molecule has 40 heavy (non-hydrogen) atoms. The third-order valence-corrected chi connectivity index (χ3v) is 8.68. The summed E-state index contributed by atoms with van der Waals surface area (Å²) in [7, 11) is -2.57. The number of carbonyl (C=O) groups excluding carboxylic acids is 2. The van der Waals surface area contributed by atoms with Gasteiger partial charge in [-0.3, -0.25) is 9.59 Å². The van der Waals surface area contributed by atoms with E-state index < -0.39 is 28.5 Å². The Morgan fingerprint density at radius 1 is 0.825 bits per heavy atom. The van der Waals surface area contributed by atoms with Crippen molar-refractivity contribution in [2.75, 3.05) is 20.1 Å². The van der Waals surface area contributed by atoms with Crippen LogP contribution in [-0.2, 0) is 32.6 Å². The van der Waals surface area contributed by atoms with Crippen molar-refractivity contribution in [3.8, 4) is 0 Å². The summed E-state index contributed by atoms with van der Waals surface area (Å²) in [5.41, 5.74) is 2.83. The molecule has 0 aromatic heterocycles. The minimum Gasteiger partial charge on any atom is -0.355 e. The molecule has 0 radical (unpaired) electrons. The van der Waals surface area contributed by atoms with Crippen LogP contribution in [-0.4, -0.2) is 55.6 Å². The van der Waals surface area contributed by atoms with Crippen LogP contribution < -0.4 is 5.32 Å². The summed E-state index contributed by atoms with van der Waals surface area (Å²) in [4.78, 5) is 28.8. The van der Waals surface area contributed by atoms with Gasteiger partial charge in [-0.05, 0) is 47.9 Å². The first-order valence-corrected chi connectivity index (χ1v) is 14.7. The highest BCUT2D eigenvalue weighted by Crippen LogP contribution is 2.22. The molecule has 4 rings (SSSR count). The molecule has 0 aliphatic heterocycles. The van der Waals surface area contributed by atoms with E-state index in [1.54, 1.807) is 18.2 Å². The van der Waals surface area contributed by atoms with Gasteiger partial charge < -0.3 is 10.2 Å². The lowest BCUT2D eigenvalue weighted by Crippen LogP contribution is -2.53. The number of hydrogen-bond donors (Lipinski definition) is 1. The third-order valence-electron chi connectivity index (χ3n) is 6.88. The molecule has 0 aliphatic rings. The lowest BCUT2D eigenvalue weighted by Gasteiger charge is -2.32. The van der Waals surface area contributed by atoms with Crippen molar-refractivity contribution in [3.05, 3.63) is 114 Å². The summed E-state index contributed by atoms with van der Waals surface area (Å²) in [6.07, 6.45) is 0.297. The number of aryl methyl sites for hydroxylation is 1. The Labute approximate surface area is 236 Å². The quantitative estimate of drug-likeness (QED) is 0.293. The van der Waals surface area contributed by atoms with E-state index >= 15 is 0 Å². The minimum atomic E-state index is -3.97. The maximum absolute atomic E-state index is 13.9. The Morgan fingerprint density at radius 3 is 2.15 bits per heavy atom. The van der Waals surface area contributed by atoms with Gasteiger partial charge in [-0.25, -0.2) is 8.42 Å². The SMILES string of the molecule is CCNC(=O)C(Cc1ccccc1)N(Cc1ccc(C)cc1)C(=O)CN(C)S(=O)(=O)c1ccc2ccccc2c1. The molecule has 2 amide bonds. The van der Waals surface area contributed by atoms with Crippen LogP contribution in [0, 0.1) is 6.92 Å². The van der Waals surface area contributed by atoms with E-state index in [0.29, 0.717) is 13.0 Å². The van der Waals surface area contributed by atoms with Gasteiger partial charge in [0, 0.05) is 26.6 Å². The first-order valence-electron chi connectivity index (χ1n) is 13.3. The highest BCUT2D eigenvalue weighted by molar-refractivity contribution is 7.89. The number of carbonyl (C=O) groups is 2. The van der Waals surface area contributed by atoms with Crippen LogP contribution >= 0.6 is 0 Å². The Kier molecular flexibility index (Phi) is 9.34. The lowest BCUT2D eigenvalue weighted by molar-refractivity contribution is -0.141. The van der Waals surface area contributed by atoms with Crippen molar-refractivity contribution in [1.82, 2.24) is 14.5 Å². The second-order valence-electron chi connectivity index (χ2n) is 9.88. The molecule has 1 atom stereocenters. The number of benzene rings is 4. The molecule has 0 saturated heterocycles. The van der Waals surface area contributed by atoms with Gasteiger partial charge in [0.2, 0.25) is 21.8 Å².